The highest BCUT2D eigenvalue weighted by molar-refractivity contribution is 9.10. The van der Waals surface area contributed by atoms with Crippen LogP contribution in [0.1, 0.15) is 11.1 Å². The normalized spacial score (nSPS) is 11.2. The SMILES string of the molecule is Brc1ccc(-c2n(Cc3ccc4ccccc4c3)c3ccccc3[n+]2Cc2ccc3ccccc3c2)cc1.[Br-]. The molecule has 1 aromatic heterocycles. The van der Waals surface area contributed by atoms with Crippen LogP contribution in [0.2, 0.25) is 0 Å². The van der Waals surface area contributed by atoms with Crippen LogP contribution in [0.25, 0.3) is 44.0 Å². The topological polar surface area (TPSA) is 8.81 Å². The van der Waals surface area contributed by atoms with Gasteiger partial charge in [-0.1, -0.05) is 101 Å². The van der Waals surface area contributed by atoms with E-state index in [0.717, 1.165) is 17.6 Å². The van der Waals surface area contributed by atoms with E-state index in [1.807, 2.05) is 0 Å². The van der Waals surface area contributed by atoms with E-state index in [1.54, 1.807) is 0 Å². The molecule has 4 heteroatoms. The second kappa shape index (κ2) is 10.8. The van der Waals surface area contributed by atoms with E-state index in [0.29, 0.717) is 0 Å². The van der Waals surface area contributed by atoms with Gasteiger partial charge in [-0.2, -0.15) is 0 Å². The monoisotopic (exact) mass is 632 g/mol. The van der Waals surface area contributed by atoms with E-state index in [1.165, 1.54) is 55.1 Å². The van der Waals surface area contributed by atoms with Crippen LogP contribution < -0.4 is 21.5 Å². The standard InChI is InChI=1S/C35H26BrN2.BrH/c36-32-19-17-29(18-20-32)35-37(23-25-13-15-27-7-1-3-9-30(27)21-25)33-11-5-6-12-34(33)38(35)24-26-14-16-28-8-2-4-10-31(28)22-26;/h1-22H,23-24H2;1H/q+1;/p-1. The molecule has 0 unspecified atom stereocenters. The fraction of sp³-hybridized carbons (Fsp3) is 0.0571. The first kappa shape index (κ1) is 25.5. The van der Waals surface area contributed by atoms with Crippen molar-refractivity contribution in [3.05, 3.63) is 149 Å². The molecule has 0 N–H and O–H groups in total. The highest BCUT2D eigenvalue weighted by Gasteiger charge is 2.27. The highest BCUT2D eigenvalue weighted by atomic mass is 79.9. The number of para-hydroxylation sites is 2. The number of imidazole rings is 1. The Balaban J connectivity index is 0.00000277. The van der Waals surface area contributed by atoms with Crippen molar-refractivity contribution in [2.45, 2.75) is 13.1 Å². The van der Waals surface area contributed by atoms with Crippen LogP contribution in [0, 0.1) is 0 Å². The first-order valence-corrected chi connectivity index (χ1v) is 13.7. The Morgan fingerprint density at radius 2 is 1.13 bits per heavy atom. The molecule has 190 valence electrons. The molecule has 39 heavy (non-hydrogen) atoms. The predicted octanol–water partition coefficient (Wildman–Crippen LogP) is 5.77. The maximum absolute atomic E-state index is 3.63. The molecule has 0 atom stereocenters. The minimum atomic E-state index is 0. The maximum Gasteiger partial charge on any atom is 0.290 e. The number of hydrogen-bond donors (Lipinski definition) is 0. The molecule has 0 saturated heterocycles. The Kier molecular flexibility index (Phi) is 7.07. The highest BCUT2D eigenvalue weighted by Crippen LogP contribution is 2.28. The lowest BCUT2D eigenvalue weighted by molar-refractivity contribution is -0.651. The van der Waals surface area contributed by atoms with Gasteiger partial charge in [0.05, 0.1) is 5.56 Å². The van der Waals surface area contributed by atoms with Gasteiger partial charge in [0.15, 0.2) is 11.0 Å². The van der Waals surface area contributed by atoms with Crippen molar-refractivity contribution in [1.29, 1.82) is 0 Å². The average molecular weight is 634 g/mol. The number of rotatable bonds is 5. The second-order valence-electron chi connectivity index (χ2n) is 9.85. The zero-order valence-corrected chi connectivity index (χ0v) is 24.4. The Bertz CT molecular complexity index is 1820. The van der Waals surface area contributed by atoms with Crippen LogP contribution in [0.5, 0.6) is 0 Å². The van der Waals surface area contributed by atoms with Gasteiger partial charge in [0, 0.05) is 4.47 Å². The lowest BCUT2D eigenvalue weighted by atomic mass is 10.1. The van der Waals surface area contributed by atoms with Crippen molar-refractivity contribution < 1.29 is 21.5 Å². The summed E-state index contributed by atoms with van der Waals surface area (Å²) in [5.41, 5.74) is 6.26. The largest absolute Gasteiger partial charge is 1.00 e. The van der Waals surface area contributed by atoms with Gasteiger partial charge in [0.1, 0.15) is 13.1 Å². The van der Waals surface area contributed by atoms with Gasteiger partial charge in [-0.25, -0.2) is 9.13 Å². The van der Waals surface area contributed by atoms with E-state index >= 15 is 0 Å². The Morgan fingerprint density at radius 1 is 0.564 bits per heavy atom. The van der Waals surface area contributed by atoms with Crippen molar-refractivity contribution in [2.24, 2.45) is 0 Å². The van der Waals surface area contributed by atoms with Crippen molar-refractivity contribution in [1.82, 2.24) is 4.57 Å². The average Bonchev–Trinajstić information content (AvgIpc) is 3.26. The van der Waals surface area contributed by atoms with Crippen LogP contribution in [0.3, 0.4) is 0 Å². The third-order valence-corrected chi connectivity index (χ3v) is 7.91. The summed E-state index contributed by atoms with van der Waals surface area (Å²) in [6, 6.07) is 48.3. The summed E-state index contributed by atoms with van der Waals surface area (Å²) >= 11 is 3.63. The van der Waals surface area contributed by atoms with Crippen LogP contribution >= 0.6 is 15.9 Å². The lowest BCUT2D eigenvalue weighted by Gasteiger charge is -2.08. The predicted molar refractivity (Wildman–Crippen MR) is 161 cm³/mol. The van der Waals surface area contributed by atoms with Crippen molar-refractivity contribution in [2.75, 3.05) is 0 Å². The Morgan fingerprint density at radius 3 is 1.82 bits per heavy atom. The molecule has 2 nitrogen and oxygen atoms in total. The molecule has 7 rings (SSSR count). The van der Waals surface area contributed by atoms with E-state index in [4.69, 9.17) is 0 Å². The molecule has 6 aromatic carbocycles. The number of hydrogen-bond acceptors (Lipinski definition) is 0. The van der Waals surface area contributed by atoms with E-state index in [2.05, 4.69) is 159 Å². The summed E-state index contributed by atoms with van der Waals surface area (Å²) in [5.74, 6) is 1.21. The van der Waals surface area contributed by atoms with Gasteiger partial charge in [0.25, 0.3) is 5.82 Å². The molecule has 0 radical (unpaired) electrons. The first-order valence-electron chi connectivity index (χ1n) is 13.0. The Labute approximate surface area is 247 Å². The molecule has 0 aliphatic heterocycles. The van der Waals surface area contributed by atoms with Gasteiger partial charge in [0.2, 0.25) is 0 Å². The summed E-state index contributed by atoms with van der Waals surface area (Å²) in [7, 11) is 0. The van der Waals surface area contributed by atoms with Crippen LogP contribution in [0.15, 0.2) is 138 Å². The fourth-order valence-corrected chi connectivity index (χ4v) is 5.83. The second-order valence-corrected chi connectivity index (χ2v) is 10.8. The molecule has 0 aliphatic rings. The van der Waals surface area contributed by atoms with Crippen molar-refractivity contribution in [3.63, 3.8) is 0 Å². The van der Waals surface area contributed by atoms with E-state index in [-0.39, 0.29) is 17.0 Å². The van der Waals surface area contributed by atoms with Crippen molar-refractivity contribution in [3.8, 4) is 11.4 Å². The summed E-state index contributed by atoms with van der Waals surface area (Å²) < 4.78 is 6.03. The van der Waals surface area contributed by atoms with Crippen LogP contribution in [0.4, 0.5) is 0 Å². The molecular formula is C35H26Br2N2. The number of halogens is 2. The van der Waals surface area contributed by atoms with Crippen LogP contribution in [-0.4, -0.2) is 4.57 Å². The first-order chi connectivity index (χ1) is 18.7. The summed E-state index contributed by atoms with van der Waals surface area (Å²) in [6.45, 7) is 1.59. The van der Waals surface area contributed by atoms with Gasteiger partial charge >= 0.3 is 0 Å². The zero-order valence-electron chi connectivity index (χ0n) is 21.3. The van der Waals surface area contributed by atoms with E-state index < -0.39 is 0 Å². The lowest BCUT2D eigenvalue weighted by Crippen LogP contribution is -3.00. The summed E-state index contributed by atoms with van der Waals surface area (Å²) in [6.07, 6.45) is 0. The van der Waals surface area contributed by atoms with Crippen LogP contribution in [-0.2, 0) is 13.1 Å². The Hall–Kier alpha value is -3.73. The molecule has 0 fully saturated rings. The molecule has 0 spiro atoms. The molecule has 0 saturated carbocycles. The molecule has 0 amide bonds. The number of fused-ring (bicyclic) bond motifs is 3. The smallest absolute Gasteiger partial charge is 0.290 e. The maximum atomic E-state index is 3.63. The quantitative estimate of drug-likeness (QED) is 0.213. The number of nitrogens with zero attached hydrogens (tertiary/aromatic N) is 2. The molecule has 0 aliphatic carbocycles. The molecule has 7 aromatic rings. The minimum Gasteiger partial charge on any atom is -1.00 e. The van der Waals surface area contributed by atoms with Gasteiger partial charge < -0.3 is 17.0 Å². The summed E-state index contributed by atoms with van der Waals surface area (Å²) in [5, 5.41) is 5.09. The summed E-state index contributed by atoms with van der Waals surface area (Å²) in [4.78, 5) is 0. The van der Waals surface area contributed by atoms with Crippen molar-refractivity contribution >= 4 is 48.5 Å². The van der Waals surface area contributed by atoms with Gasteiger partial charge in [-0.15, -0.1) is 0 Å². The number of aromatic nitrogens is 2. The zero-order chi connectivity index (χ0) is 25.5. The molecule has 1 heterocycles. The minimum absolute atomic E-state index is 0. The molecular weight excluding hydrogens is 608 g/mol. The number of benzene rings is 6. The fourth-order valence-electron chi connectivity index (χ4n) is 5.56. The third kappa shape index (κ3) is 4.91. The third-order valence-electron chi connectivity index (χ3n) is 7.39. The van der Waals surface area contributed by atoms with Gasteiger partial charge in [-0.3, -0.25) is 0 Å². The molecule has 0 bridgehead atoms. The van der Waals surface area contributed by atoms with Gasteiger partial charge in [-0.05, 0) is 81.2 Å². The van der Waals surface area contributed by atoms with E-state index in [9.17, 15) is 0 Å².